The van der Waals surface area contributed by atoms with Gasteiger partial charge in [-0.3, -0.25) is 9.36 Å². The number of esters is 1. The van der Waals surface area contributed by atoms with Crippen molar-refractivity contribution in [3.63, 3.8) is 0 Å². The van der Waals surface area contributed by atoms with Crippen LogP contribution in [-0.4, -0.2) is 69.2 Å². The molecule has 1 N–H and O–H groups in total. The highest BCUT2D eigenvalue weighted by Gasteiger charge is 2.16. The van der Waals surface area contributed by atoms with Gasteiger partial charge in [0.25, 0.3) is 7.82 Å². The third-order valence-corrected chi connectivity index (χ3v) is 6.48. The van der Waals surface area contributed by atoms with Crippen LogP contribution in [-0.2, 0) is 23.1 Å². The number of aliphatic hydroxyl groups excluding tert-OH is 1. The average molecular weight is 522 g/mol. The molecule has 0 aromatic rings. The van der Waals surface area contributed by atoms with Gasteiger partial charge >= 0.3 is 5.97 Å². The van der Waals surface area contributed by atoms with Crippen LogP contribution < -0.4 is 4.89 Å². The van der Waals surface area contributed by atoms with Crippen LogP contribution in [0.1, 0.15) is 96.8 Å². The smallest absolute Gasteiger partial charge is 0.305 e. The predicted molar refractivity (Wildman–Crippen MR) is 139 cm³/mol. The van der Waals surface area contributed by atoms with Crippen LogP contribution >= 0.6 is 7.82 Å². The van der Waals surface area contributed by atoms with E-state index in [1.165, 1.54) is 64.2 Å². The van der Waals surface area contributed by atoms with E-state index >= 15 is 0 Å². The summed E-state index contributed by atoms with van der Waals surface area (Å²) in [6.07, 6.45) is 19.1. The first-order valence-electron chi connectivity index (χ1n) is 13.4. The molecular formula is C26H52NO7P. The Hall–Kier alpha value is -0.760. The topological polar surface area (TPSA) is 105 Å². The lowest BCUT2D eigenvalue weighted by atomic mass is 10.1. The lowest BCUT2D eigenvalue weighted by Gasteiger charge is -2.27. The summed E-state index contributed by atoms with van der Waals surface area (Å²) < 4.78 is 26.7. The Labute approximate surface area is 214 Å². The summed E-state index contributed by atoms with van der Waals surface area (Å²) in [7, 11) is 1.25. The number of likely N-dealkylation sites (N-methyl/N-ethyl adjacent to an activating group) is 1. The average Bonchev–Trinajstić information content (AvgIpc) is 2.78. The Morgan fingerprint density at radius 2 is 1.43 bits per heavy atom. The van der Waals surface area contributed by atoms with Crippen LogP contribution in [0.5, 0.6) is 0 Å². The number of aliphatic hydroxyl groups is 1. The third-order valence-electron chi connectivity index (χ3n) is 5.52. The van der Waals surface area contributed by atoms with Gasteiger partial charge in [0.2, 0.25) is 0 Å². The Kier molecular flexibility index (Phi) is 20.9. The molecule has 0 amide bonds. The van der Waals surface area contributed by atoms with E-state index < -0.39 is 26.5 Å². The second kappa shape index (κ2) is 21.3. The van der Waals surface area contributed by atoms with Gasteiger partial charge < -0.3 is 28.3 Å². The maximum absolute atomic E-state index is 11.8. The van der Waals surface area contributed by atoms with Gasteiger partial charge in [0.15, 0.2) is 0 Å². The molecule has 0 rings (SSSR count). The van der Waals surface area contributed by atoms with Gasteiger partial charge in [0.1, 0.15) is 25.9 Å². The molecule has 9 heteroatoms. The number of carbonyl (C=O) groups is 1. The van der Waals surface area contributed by atoms with Gasteiger partial charge in [0.05, 0.1) is 27.7 Å². The Morgan fingerprint density at radius 3 is 2.00 bits per heavy atom. The largest absolute Gasteiger partial charge is 0.756 e. The van der Waals surface area contributed by atoms with E-state index in [0.29, 0.717) is 17.4 Å². The van der Waals surface area contributed by atoms with Crippen molar-refractivity contribution < 1.29 is 37.6 Å². The molecule has 0 aromatic carbocycles. The number of phosphoric acid groups is 1. The van der Waals surface area contributed by atoms with Crippen LogP contribution in [0.3, 0.4) is 0 Å². The summed E-state index contributed by atoms with van der Waals surface area (Å²) in [5.41, 5.74) is 0. The molecule has 0 saturated carbocycles. The Bertz CT molecular complexity index is 593. The first kappa shape index (κ1) is 34.2. The van der Waals surface area contributed by atoms with Crippen LogP contribution in [0.15, 0.2) is 12.2 Å². The van der Waals surface area contributed by atoms with E-state index in [2.05, 4.69) is 23.6 Å². The molecule has 0 saturated heterocycles. The Morgan fingerprint density at radius 1 is 0.886 bits per heavy atom. The lowest BCUT2D eigenvalue weighted by Crippen LogP contribution is -2.37. The molecule has 0 aliphatic rings. The molecule has 0 fully saturated rings. The number of ether oxygens (including phenoxy) is 1. The number of nitrogens with zero attached hydrogens (tertiary/aromatic N) is 1. The fourth-order valence-corrected chi connectivity index (χ4v) is 4.03. The number of allylic oxidation sites excluding steroid dienone is 2. The maximum atomic E-state index is 11.8. The van der Waals surface area contributed by atoms with Crippen LogP contribution in [0.4, 0.5) is 0 Å². The van der Waals surface area contributed by atoms with Crippen LogP contribution in [0.25, 0.3) is 0 Å². The van der Waals surface area contributed by atoms with Gasteiger partial charge in [-0.25, -0.2) is 0 Å². The molecule has 0 spiro atoms. The second-order valence-corrected chi connectivity index (χ2v) is 11.7. The molecule has 2 atom stereocenters. The Balaban J connectivity index is 3.58. The molecule has 0 bridgehead atoms. The SMILES string of the molecule is CCCCCC/C=C/CCCCCCCCCC(=O)OC[C@@H](O)COP(=O)([O-])OCC[N+](C)(C)C. The van der Waals surface area contributed by atoms with Gasteiger partial charge in [0, 0.05) is 6.42 Å². The van der Waals surface area contributed by atoms with Crippen molar-refractivity contribution in [2.75, 3.05) is 47.5 Å². The van der Waals surface area contributed by atoms with Crippen molar-refractivity contribution in [3.8, 4) is 0 Å². The molecule has 1 unspecified atom stereocenters. The first-order chi connectivity index (χ1) is 16.6. The van der Waals surface area contributed by atoms with Crippen molar-refractivity contribution in [1.82, 2.24) is 0 Å². The summed E-state index contributed by atoms with van der Waals surface area (Å²) in [4.78, 5) is 23.5. The first-order valence-corrected chi connectivity index (χ1v) is 14.9. The molecule has 8 nitrogen and oxygen atoms in total. The van der Waals surface area contributed by atoms with E-state index in [-0.39, 0.29) is 13.2 Å². The van der Waals surface area contributed by atoms with Crippen molar-refractivity contribution in [3.05, 3.63) is 12.2 Å². The molecule has 0 radical (unpaired) electrons. The van der Waals surface area contributed by atoms with Crippen molar-refractivity contribution in [2.24, 2.45) is 0 Å². The summed E-state index contributed by atoms with van der Waals surface area (Å²) in [5, 5.41) is 9.79. The zero-order valence-corrected chi connectivity index (χ0v) is 23.6. The molecular weight excluding hydrogens is 469 g/mol. The number of carbonyl (C=O) groups excluding carboxylic acids is 1. The minimum atomic E-state index is -4.49. The van der Waals surface area contributed by atoms with Crippen LogP contribution in [0, 0.1) is 0 Å². The number of unbranched alkanes of at least 4 members (excludes halogenated alkanes) is 11. The van der Waals surface area contributed by atoms with E-state index in [0.717, 1.165) is 19.3 Å². The molecule has 0 aliphatic heterocycles. The number of hydrogen-bond donors (Lipinski definition) is 1. The number of phosphoric ester groups is 1. The highest BCUT2D eigenvalue weighted by Crippen LogP contribution is 2.38. The minimum absolute atomic E-state index is 0.00798. The number of hydrogen-bond acceptors (Lipinski definition) is 7. The van der Waals surface area contributed by atoms with Crippen molar-refractivity contribution >= 4 is 13.8 Å². The van der Waals surface area contributed by atoms with E-state index in [9.17, 15) is 19.4 Å². The zero-order valence-electron chi connectivity index (χ0n) is 22.8. The van der Waals surface area contributed by atoms with Crippen molar-refractivity contribution in [1.29, 1.82) is 0 Å². The minimum Gasteiger partial charge on any atom is -0.756 e. The quantitative estimate of drug-likeness (QED) is 0.0617. The van der Waals surface area contributed by atoms with Crippen molar-refractivity contribution in [2.45, 2.75) is 103 Å². The lowest BCUT2D eigenvalue weighted by molar-refractivity contribution is -0.870. The number of quaternary nitrogens is 1. The van der Waals surface area contributed by atoms with E-state index in [1.54, 1.807) is 0 Å². The highest BCUT2D eigenvalue weighted by molar-refractivity contribution is 7.45. The summed E-state index contributed by atoms with van der Waals surface area (Å²) in [6.45, 7) is 1.91. The standard InChI is InChI=1S/C26H52NO7P/c1-5-6-7-8-9-10-11-12-13-14-15-16-17-18-19-20-26(29)32-23-25(28)24-34-35(30,31)33-22-21-27(2,3)4/h10-11,25,28H,5-9,12-24H2,1-4H3/b11-10+/t25-/m1/s1. The van der Waals surface area contributed by atoms with Gasteiger partial charge in [-0.05, 0) is 32.1 Å². The van der Waals surface area contributed by atoms with E-state index in [1.807, 2.05) is 21.1 Å². The highest BCUT2D eigenvalue weighted by atomic mass is 31.2. The monoisotopic (exact) mass is 521 g/mol. The predicted octanol–water partition coefficient (Wildman–Crippen LogP) is 5.14. The molecule has 0 aliphatic carbocycles. The van der Waals surface area contributed by atoms with Gasteiger partial charge in [-0.15, -0.1) is 0 Å². The molecule has 208 valence electrons. The third kappa shape index (κ3) is 26.1. The molecule has 0 heterocycles. The number of rotatable bonds is 24. The van der Waals surface area contributed by atoms with Crippen LogP contribution in [0.2, 0.25) is 0 Å². The second-order valence-electron chi connectivity index (χ2n) is 10.3. The normalized spacial score (nSPS) is 14.8. The van der Waals surface area contributed by atoms with Gasteiger partial charge in [-0.1, -0.05) is 70.4 Å². The summed E-state index contributed by atoms with van der Waals surface area (Å²) in [5.74, 6) is -0.393. The fraction of sp³-hybridized carbons (Fsp3) is 0.885. The molecule has 0 aromatic heterocycles. The summed E-state index contributed by atoms with van der Waals surface area (Å²) >= 11 is 0. The maximum Gasteiger partial charge on any atom is 0.305 e. The summed E-state index contributed by atoms with van der Waals surface area (Å²) in [6, 6.07) is 0. The molecule has 35 heavy (non-hydrogen) atoms. The van der Waals surface area contributed by atoms with E-state index in [4.69, 9.17) is 9.26 Å². The van der Waals surface area contributed by atoms with Gasteiger partial charge in [-0.2, -0.15) is 0 Å². The fourth-order valence-electron chi connectivity index (χ4n) is 3.29. The zero-order chi connectivity index (χ0) is 26.4.